The lowest BCUT2D eigenvalue weighted by Crippen LogP contribution is -2.51. The average molecular weight is 409 g/mol. The summed E-state index contributed by atoms with van der Waals surface area (Å²) in [6.45, 7) is 3.62. The molecule has 1 heterocycles. The summed E-state index contributed by atoms with van der Waals surface area (Å²) in [5.74, 6) is -1.15. The standard InChI is InChI=1S/C21H19N3O4S/c1-12-7-8-13(2)16(9-12)22-18(25)11-28-17-6-4-3-5-14(17)10-15-19(26)23-21(29)24-20(15)27/h3-10H,11H2,1-2H3,(H,22,25)(H2,23,24,26,27,29). The second kappa shape index (κ2) is 8.66. The molecule has 3 rings (SSSR count). The number of carbonyl (C=O) groups excluding carboxylic acids is 3. The first-order valence-corrected chi connectivity index (χ1v) is 9.21. The molecule has 8 heteroatoms. The number of para-hydroxylation sites is 1. The first-order valence-electron chi connectivity index (χ1n) is 8.81. The summed E-state index contributed by atoms with van der Waals surface area (Å²) < 4.78 is 5.63. The van der Waals surface area contributed by atoms with Gasteiger partial charge in [-0.05, 0) is 55.4 Å². The fraction of sp³-hybridized carbons (Fsp3) is 0.143. The smallest absolute Gasteiger partial charge is 0.263 e. The van der Waals surface area contributed by atoms with Gasteiger partial charge in [0.25, 0.3) is 17.7 Å². The fourth-order valence-corrected chi connectivity index (χ4v) is 2.88. The van der Waals surface area contributed by atoms with Crippen molar-refractivity contribution in [3.63, 3.8) is 0 Å². The van der Waals surface area contributed by atoms with Gasteiger partial charge >= 0.3 is 0 Å². The van der Waals surface area contributed by atoms with E-state index in [9.17, 15) is 14.4 Å². The minimum absolute atomic E-state index is 0.0372. The molecule has 0 unspecified atom stereocenters. The van der Waals surface area contributed by atoms with E-state index in [2.05, 4.69) is 16.0 Å². The molecule has 2 aromatic carbocycles. The van der Waals surface area contributed by atoms with Crippen molar-refractivity contribution in [1.29, 1.82) is 0 Å². The van der Waals surface area contributed by atoms with Crippen molar-refractivity contribution in [1.82, 2.24) is 10.6 Å². The summed E-state index contributed by atoms with van der Waals surface area (Å²) in [7, 11) is 0. The van der Waals surface area contributed by atoms with Crippen molar-refractivity contribution in [2.45, 2.75) is 13.8 Å². The van der Waals surface area contributed by atoms with Crippen molar-refractivity contribution < 1.29 is 19.1 Å². The highest BCUT2D eigenvalue weighted by Crippen LogP contribution is 2.22. The normalized spacial score (nSPS) is 13.4. The Morgan fingerprint density at radius 2 is 1.79 bits per heavy atom. The van der Waals surface area contributed by atoms with Gasteiger partial charge in [0, 0.05) is 11.3 Å². The molecule has 0 atom stereocenters. The van der Waals surface area contributed by atoms with Crippen LogP contribution in [0.1, 0.15) is 16.7 Å². The predicted molar refractivity (Wildman–Crippen MR) is 113 cm³/mol. The minimum atomic E-state index is -0.596. The van der Waals surface area contributed by atoms with E-state index in [1.54, 1.807) is 24.3 Å². The molecule has 0 bridgehead atoms. The Hall–Kier alpha value is -3.52. The molecule has 2 aromatic rings. The SMILES string of the molecule is Cc1ccc(C)c(NC(=O)COc2ccccc2C=C2C(=O)NC(=S)NC2=O)c1. The van der Waals surface area contributed by atoms with Crippen LogP contribution in [0.3, 0.4) is 0 Å². The van der Waals surface area contributed by atoms with Gasteiger partial charge in [-0.15, -0.1) is 0 Å². The van der Waals surface area contributed by atoms with Crippen LogP contribution in [-0.4, -0.2) is 29.4 Å². The van der Waals surface area contributed by atoms with E-state index < -0.39 is 11.8 Å². The molecule has 0 saturated carbocycles. The lowest BCUT2D eigenvalue weighted by molar-refractivity contribution is -0.123. The summed E-state index contributed by atoms with van der Waals surface area (Å²) in [5.41, 5.74) is 3.09. The number of nitrogens with one attached hydrogen (secondary N) is 3. The number of carbonyl (C=O) groups is 3. The summed E-state index contributed by atoms with van der Waals surface area (Å²) in [6, 6.07) is 12.6. The maximum atomic E-state index is 12.3. The van der Waals surface area contributed by atoms with Crippen LogP contribution in [0.5, 0.6) is 5.75 Å². The average Bonchev–Trinajstić information content (AvgIpc) is 2.66. The fourth-order valence-electron chi connectivity index (χ4n) is 2.69. The first kappa shape index (κ1) is 20.2. The molecule has 1 fully saturated rings. The van der Waals surface area contributed by atoms with Crippen LogP contribution < -0.4 is 20.7 Å². The molecule has 0 aliphatic carbocycles. The van der Waals surface area contributed by atoms with Crippen molar-refractivity contribution in [2.24, 2.45) is 0 Å². The predicted octanol–water partition coefficient (Wildman–Crippen LogP) is 2.24. The third-order valence-corrected chi connectivity index (χ3v) is 4.39. The van der Waals surface area contributed by atoms with Crippen molar-refractivity contribution in [3.05, 3.63) is 64.7 Å². The second-order valence-corrected chi connectivity index (χ2v) is 6.90. The van der Waals surface area contributed by atoms with E-state index in [4.69, 9.17) is 17.0 Å². The Morgan fingerprint density at radius 3 is 2.52 bits per heavy atom. The zero-order valence-electron chi connectivity index (χ0n) is 15.9. The molecular weight excluding hydrogens is 390 g/mol. The largest absolute Gasteiger partial charge is 0.483 e. The molecule has 3 amide bonds. The summed E-state index contributed by atoms with van der Waals surface area (Å²) in [5, 5.41) is 7.53. The molecule has 0 radical (unpaired) electrons. The molecule has 1 aliphatic heterocycles. The number of rotatable bonds is 5. The Balaban J connectivity index is 1.73. The van der Waals surface area contributed by atoms with Crippen LogP contribution in [0.15, 0.2) is 48.0 Å². The summed E-state index contributed by atoms with van der Waals surface area (Å²) in [6.07, 6.45) is 1.39. The van der Waals surface area contributed by atoms with E-state index in [0.717, 1.165) is 16.8 Å². The van der Waals surface area contributed by atoms with E-state index in [1.165, 1.54) is 6.08 Å². The zero-order valence-corrected chi connectivity index (χ0v) is 16.7. The number of hydrogen-bond acceptors (Lipinski definition) is 5. The van der Waals surface area contributed by atoms with Crippen LogP contribution in [0.4, 0.5) is 5.69 Å². The van der Waals surface area contributed by atoms with Gasteiger partial charge in [0.1, 0.15) is 11.3 Å². The number of anilines is 1. The van der Waals surface area contributed by atoms with E-state index in [1.807, 2.05) is 32.0 Å². The topological polar surface area (TPSA) is 96.5 Å². The lowest BCUT2D eigenvalue weighted by atomic mass is 10.1. The molecule has 0 spiro atoms. The Bertz CT molecular complexity index is 1020. The minimum Gasteiger partial charge on any atom is -0.483 e. The summed E-state index contributed by atoms with van der Waals surface area (Å²) >= 11 is 4.78. The number of aryl methyl sites for hydroxylation is 2. The van der Waals surface area contributed by atoms with Gasteiger partial charge in [-0.2, -0.15) is 0 Å². The molecule has 7 nitrogen and oxygen atoms in total. The number of amides is 3. The molecule has 1 aliphatic rings. The lowest BCUT2D eigenvalue weighted by Gasteiger charge is -2.17. The van der Waals surface area contributed by atoms with Crippen LogP contribution in [0, 0.1) is 13.8 Å². The number of hydrogen-bond donors (Lipinski definition) is 3. The zero-order chi connectivity index (χ0) is 21.0. The van der Waals surface area contributed by atoms with E-state index >= 15 is 0 Å². The Kier molecular flexibility index (Phi) is 6.04. The third-order valence-electron chi connectivity index (χ3n) is 4.19. The van der Waals surface area contributed by atoms with Gasteiger partial charge in [-0.3, -0.25) is 25.0 Å². The molecule has 0 aromatic heterocycles. The van der Waals surface area contributed by atoms with Crippen LogP contribution in [0.25, 0.3) is 6.08 Å². The number of ether oxygens (including phenoxy) is 1. The molecular formula is C21H19N3O4S. The van der Waals surface area contributed by atoms with Gasteiger partial charge in [-0.25, -0.2) is 0 Å². The third kappa shape index (κ3) is 5.05. The summed E-state index contributed by atoms with van der Waals surface area (Å²) in [4.78, 5) is 36.4. The maximum absolute atomic E-state index is 12.3. The first-order chi connectivity index (χ1) is 13.8. The van der Waals surface area contributed by atoms with Crippen molar-refractivity contribution >= 4 is 46.8 Å². The molecule has 29 heavy (non-hydrogen) atoms. The van der Waals surface area contributed by atoms with Crippen LogP contribution >= 0.6 is 12.2 Å². The second-order valence-electron chi connectivity index (χ2n) is 6.49. The Morgan fingerprint density at radius 1 is 1.10 bits per heavy atom. The van der Waals surface area contributed by atoms with Crippen LogP contribution in [0.2, 0.25) is 0 Å². The molecule has 3 N–H and O–H groups in total. The Labute approximate surface area is 173 Å². The van der Waals surface area contributed by atoms with E-state index in [0.29, 0.717) is 11.3 Å². The number of benzene rings is 2. The van der Waals surface area contributed by atoms with Gasteiger partial charge in [-0.1, -0.05) is 30.3 Å². The highest BCUT2D eigenvalue weighted by molar-refractivity contribution is 7.80. The van der Waals surface area contributed by atoms with Gasteiger partial charge in [0.05, 0.1) is 0 Å². The molecule has 1 saturated heterocycles. The monoisotopic (exact) mass is 409 g/mol. The maximum Gasteiger partial charge on any atom is 0.263 e. The van der Waals surface area contributed by atoms with E-state index in [-0.39, 0.29) is 23.2 Å². The molecule has 148 valence electrons. The van der Waals surface area contributed by atoms with Crippen LogP contribution in [-0.2, 0) is 14.4 Å². The van der Waals surface area contributed by atoms with Crippen molar-refractivity contribution in [3.8, 4) is 5.75 Å². The number of thiocarbonyl (C=S) groups is 1. The highest BCUT2D eigenvalue weighted by atomic mass is 32.1. The van der Waals surface area contributed by atoms with Gasteiger partial charge in [0.2, 0.25) is 0 Å². The van der Waals surface area contributed by atoms with Crippen molar-refractivity contribution in [2.75, 3.05) is 11.9 Å². The quantitative estimate of drug-likeness (QED) is 0.400. The van der Waals surface area contributed by atoms with Gasteiger partial charge < -0.3 is 10.1 Å². The highest BCUT2D eigenvalue weighted by Gasteiger charge is 2.26. The van der Waals surface area contributed by atoms with Gasteiger partial charge in [0.15, 0.2) is 11.7 Å².